The summed E-state index contributed by atoms with van der Waals surface area (Å²) in [6, 6.07) is 13.5. The number of amides is 1. The molecule has 2 aromatic carbocycles. The van der Waals surface area contributed by atoms with E-state index in [0.717, 1.165) is 0 Å². The summed E-state index contributed by atoms with van der Waals surface area (Å²) in [7, 11) is 1.48. The number of hydrogen-bond donors (Lipinski definition) is 1. The molecular formula is C16H12N2O4. The van der Waals surface area contributed by atoms with Crippen LogP contribution in [0.25, 0.3) is 22.4 Å². The Labute approximate surface area is 125 Å². The molecule has 0 unspecified atom stereocenters. The van der Waals surface area contributed by atoms with Crippen LogP contribution in [-0.4, -0.2) is 18.1 Å². The smallest absolute Gasteiger partial charge is 0.410 e. The number of aromatic nitrogens is 1. The van der Waals surface area contributed by atoms with Gasteiger partial charge in [-0.25, -0.2) is 14.6 Å². The number of benzene rings is 2. The lowest BCUT2D eigenvalue weighted by Crippen LogP contribution is -2.21. The highest BCUT2D eigenvalue weighted by molar-refractivity contribution is 5.78. The van der Waals surface area contributed by atoms with Crippen molar-refractivity contribution in [3.8, 4) is 17.2 Å². The average molecular weight is 296 g/mol. The van der Waals surface area contributed by atoms with Crippen LogP contribution in [0.4, 0.5) is 4.79 Å². The van der Waals surface area contributed by atoms with Crippen LogP contribution in [0.3, 0.4) is 0 Å². The molecule has 1 amide bonds. The Kier molecular flexibility index (Phi) is 3.57. The molecule has 0 spiro atoms. The number of fused-ring (bicyclic) bond motifs is 1. The van der Waals surface area contributed by atoms with Gasteiger partial charge < -0.3 is 14.5 Å². The fourth-order valence-electron chi connectivity index (χ4n) is 1.97. The minimum Gasteiger partial charge on any atom is -0.410 e. The van der Waals surface area contributed by atoms with E-state index in [9.17, 15) is 9.59 Å². The quantitative estimate of drug-likeness (QED) is 0.786. The normalized spacial score (nSPS) is 10.4. The van der Waals surface area contributed by atoms with Crippen molar-refractivity contribution in [2.24, 2.45) is 0 Å². The summed E-state index contributed by atoms with van der Waals surface area (Å²) in [5.41, 5.74) is 0.748. The standard InChI is InChI=1S/C16H12N2O4/c1-17-16(20)21-11-8-6-10(7-9-11)14-18-13-5-3-2-4-12(13)15(19)22-14/h2-9H,1H3,(H,17,20). The highest BCUT2D eigenvalue weighted by Gasteiger charge is 2.09. The highest BCUT2D eigenvalue weighted by atomic mass is 16.5. The second-order valence-electron chi connectivity index (χ2n) is 4.49. The van der Waals surface area contributed by atoms with Crippen molar-refractivity contribution in [1.29, 1.82) is 0 Å². The third-order valence-electron chi connectivity index (χ3n) is 3.05. The number of nitrogens with one attached hydrogen (secondary N) is 1. The van der Waals surface area contributed by atoms with E-state index in [1.807, 2.05) is 0 Å². The third-order valence-corrected chi connectivity index (χ3v) is 3.05. The van der Waals surface area contributed by atoms with Gasteiger partial charge in [0.2, 0.25) is 5.89 Å². The molecule has 1 N–H and O–H groups in total. The van der Waals surface area contributed by atoms with Crippen LogP contribution in [0.5, 0.6) is 5.75 Å². The second kappa shape index (κ2) is 5.69. The van der Waals surface area contributed by atoms with E-state index in [2.05, 4.69) is 10.3 Å². The predicted molar refractivity (Wildman–Crippen MR) is 80.8 cm³/mol. The lowest BCUT2D eigenvalue weighted by atomic mass is 10.2. The van der Waals surface area contributed by atoms with E-state index in [0.29, 0.717) is 22.2 Å². The van der Waals surface area contributed by atoms with Gasteiger partial charge in [0.1, 0.15) is 5.75 Å². The Morgan fingerprint density at radius 1 is 1.14 bits per heavy atom. The molecule has 1 aromatic heterocycles. The van der Waals surface area contributed by atoms with Gasteiger partial charge in [0.15, 0.2) is 0 Å². The number of ether oxygens (including phenoxy) is 1. The Bertz CT molecular complexity index is 885. The molecule has 1 heterocycles. The van der Waals surface area contributed by atoms with E-state index in [4.69, 9.17) is 9.15 Å². The molecule has 0 aliphatic carbocycles. The Hall–Kier alpha value is -3.15. The maximum absolute atomic E-state index is 11.9. The molecule has 0 atom stereocenters. The molecule has 6 nitrogen and oxygen atoms in total. The van der Waals surface area contributed by atoms with Crippen LogP contribution in [0.2, 0.25) is 0 Å². The fourth-order valence-corrected chi connectivity index (χ4v) is 1.97. The largest absolute Gasteiger partial charge is 0.412 e. The number of para-hydroxylation sites is 1. The van der Waals surface area contributed by atoms with Crippen molar-refractivity contribution in [2.45, 2.75) is 0 Å². The van der Waals surface area contributed by atoms with Crippen molar-refractivity contribution in [3.05, 3.63) is 59.0 Å². The summed E-state index contributed by atoms with van der Waals surface area (Å²) >= 11 is 0. The Balaban J connectivity index is 1.97. The van der Waals surface area contributed by atoms with Crippen molar-refractivity contribution >= 4 is 17.0 Å². The van der Waals surface area contributed by atoms with E-state index >= 15 is 0 Å². The zero-order chi connectivity index (χ0) is 15.5. The first kappa shape index (κ1) is 13.8. The van der Waals surface area contributed by atoms with Crippen LogP contribution in [0, 0.1) is 0 Å². The monoisotopic (exact) mass is 296 g/mol. The van der Waals surface area contributed by atoms with Gasteiger partial charge in [0.25, 0.3) is 0 Å². The number of nitrogens with zero attached hydrogens (tertiary/aromatic N) is 1. The third kappa shape index (κ3) is 2.67. The molecule has 0 fully saturated rings. The molecule has 0 saturated heterocycles. The summed E-state index contributed by atoms with van der Waals surface area (Å²) in [5.74, 6) is 0.599. The minimum absolute atomic E-state index is 0.218. The molecule has 22 heavy (non-hydrogen) atoms. The van der Waals surface area contributed by atoms with Gasteiger partial charge in [-0.3, -0.25) is 0 Å². The first-order valence-corrected chi connectivity index (χ1v) is 6.57. The molecule has 3 aromatic rings. The summed E-state index contributed by atoms with van der Waals surface area (Å²) in [6.45, 7) is 0. The molecule has 110 valence electrons. The summed E-state index contributed by atoms with van der Waals surface area (Å²) < 4.78 is 10.2. The van der Waals surface area contributed by atoms with Crippen molar-refractivity contribution < 1.29 is 13.9 Å². The summed E-state index contributed by atoms with van der Waals surface area (Å²) in [4.78, 5) is 27.4. The Morgan fingerprint density at radius 3 is 2.59 bits per heavy atom. The summed E-state index contributed by atoms with van der Waals surface area (Å²) in [5, 5.41) is 2.79. The number of rotatable bonds is 2. The summed E-state index contributed by atoms with van der Waals surface area (Å²) in [6.07, 6.45) is -0.553. The molecule has 6 heteroatoms. The fraction of sp³-hybridized carbons (Fsp3) is 0.0625. The molecule has 0 aliphatic rings. The molecule has 0 aliphatic heterocycles. The average Bonchev–Trinajstić information content (AvgIpc) is 2.55. The van der Waals surface area contributed by atoms with Gasteiger partial charge in [-0.15, -0.1) is 0 Å². The van der Waals surface area contributed by atoms with Crippen LogP contribution < -0.4 is 15.7 Å². The number of carbonyl (C=O) groups excluding carboxylic acids is 1. The van der Waals surface area contributed by atoms with Crippen molar-refractivity contribution in [3.63, 3.8) is 0 Å². The molecule has 0 bridgehead atoms. The zero-order valence-corrected chi connectivity index (χ0v) is 11.7. The van der Waals surface area contributed by atoms with Crippen LogP contribution in [0.1, 0.15) is 0 Å². The first-order valence-electron chi connectivity index (χ1n) is 6.57. The highest BCUT2D eigenvalue weighted by Crippen LogP contribution is 2.21. The van der Waals surface area contributed by atoms with E-state index in [1.54, 1.807) is 48.5 Å². The first-order chi connectivity index (χ1) is 10.7. The molecule has 0 saturated carbocycles. The molecule has 0 radical (unpaired) electrons. The predicted octanol–water partition coefficient (Wildman–Crippen LogP) is 2.57. The van der Waals surface area contributed by atoms with Crippen LogP contribution in [-0.2, 0) is 0 Å². The van der Waals surface area contributed by atoms with E-state index in [1.165, 1.54) is 7.05 Å². The molecule has 3 rings (SSSR count). The maximum Gasteiger partial charge on any atom is 0.412 e. The topological polar surface area (TPSA) is 81.4 Å². The zero-order valence-electron chi connectivity index (χ0n) is 11.7. The lowest BCUT2D eigenvalue weighted by Gasteiger charge is -2.04. The Morgan fingerprint density at radius 2 is 1.86 bits per heavy atom. The second-order valence-corrected chi connectivity index (χ2v) is 4.49. The van der Waals surface area contributed by atoms with Gasteiger partial charge in [0, 0.05) is 12.6 Å². The maximum atomic E-state index is 11.9. The van der Waals surface area contributed by atoms with Crippen molar-refractivity contribution in [1.82, 2.24) is 10.3 Å². The van der Waals surface area contributed by atoms with Gasteiger partial charge >= 0.3 is 11.7 Å². The van der Waals surface area contributed by atoms with Gasteiger partial charge in [-0.2, -0.15) is 0 Å². The van der Waals surface area contributed by atoms with E-state index < -0.39 is 11.7 Å². The van der Waals surface area contributed by atoms with Gasteiger partial charge in [-0.05, 0) is 36.4 Å². The van der Waals surface area contributed by atoms with Gasteiger partial charge in [-0.1, -0.05) is 12.1 Å². The van der Waals surface area contributed by atoms with Crippen LogP contribution >= 0.6 is 0 Å². The number of carbonyl (C=O) groups is 1. The van der Waals surface area contributed by atoms with Crippen molar-refractivity contribution in [2.75, 3.05) is 7.05 Å². The van der Waals surface area contributed by atoms with Crippen LogP contribution in [0.15, 0.2) is 57.7 Å². The number of hydrogen-bond acceptors (Lipinski definition) is 5. The lowest BCUT2D eigenvalue weighted by molar-refractivity contribution is 0.203. The van der Waals surface area contributed by atoms with E-state index in [-0.39, 0.29) is 5.89 Å². The minimum atomic E-state index is -0.553. The molecular weight excluding hydrogens is 284 g/mol. The van der Waals surface area contributed by atoms with Gasteiger partial charge in [0.05, 0.1) is 10.9 Å². The SMILES string of the molecule is CNC(=O)Oc1ccc(-c2nc3ccccc3c(=O)o2)cc1.